The van der Waals surface area contributed by atoms with Crippen molar-refractivity contribution in [1.29, 1.82) is 0 Å². The van der Waals surface area contributed by atoms with Crippen molar-refractivity contribution in [3.63, 3.8) is 0 Å². The highest BCUT2D eigenvalue weighted by atomic mass is 32.2. The van der Waals surface area contributed by atoms with Crippen LogP contribution in [-0.2, 0) is 11.3 Å². The molecule has 1 aromatic heterocycles. The number of benzene rings is 1. The molecular formula is C19H27N3OS. The van der Waals surface area contributed by atoms with Gasteiger partial charge in [0.2, 0.25) is 5.91 Å². The summed E-state index contributed by atoms with van der Waals surface area (Å²) in [5.74, 6) is 1.39. The normalized spacial score (nSPS) is 15.4. The Morgan fingerprint density at radius 1 is 1.21 bits per heavy atom. The van der Waals surface area contributed by atoms with Gasteiger partial charge in [0.05, 0.1) is 16.8 Å². The summed E-state index contributed by atoms with van der Waals surface area (Å²) in [4.78, 5) is 19.2. The minimum absolute atomic E-state index is 0.252. The Bertz CT molecular complexity index is 689. The van der Waals surface area contributed by atoms with Crippen LogP contribution in [0.4, 0.5) is 0 Å². The number of rotatable bonds is 6. The van der Waals surface area contributed by atoms with Gasteiger partial charge in [0.15, 0.2) is 5.16 Å². The first-order chi connectivity index (χ1) is 11.6. The van der Waals surface area contributed by atoms with E-state index in [4.69, 9.17) is 4.98 Å². The molecule has 1 aromatic carbocycles. The van der Waals surface area contributed by atoms with Crippen molar-refractivity contribution >= 4 is 28.7 Å². The predicted molar refractivity (Wildman–Crippen MR) is 100 cm³/mol. The van der Waals surface area contributed by atoms with Gasteiger partial charge in [-0.1, -0.05) is 37.7 Å². The van der Waals surface area contributed by atoms with Crippen LogP contribution < -0.4 is 0 Å². The van der Waals surface area contributed by atoms with E-state index in [1.165, 1.54) is 11.9 Å². The highest BCUT2D eigenvalue weighted by molar-refractivity contribution is 7.99. The first kappa shape index (κ1) is 17.3. The minimum Gasteiger partial charge on any atom is -0.342 e. The number of carbonyl (C=O) groups is 1. The molecule has 0 N–H and O–H groups in total. The molecule has 2 heterocycles. The van der Waals surface area contributed by atoms with Gasteiger partial charge in [-0.15, -0.1) is 0 Å². The van der Waals surface area contributed by atoms with Crippen molar-refractivity contribution in [2.75, 3.05) is 18.8 Å². The SMILES string of the molecule is CC(C)CCn1c(SCC(=O)N2CCCCC2)nc2ccccc21. The van der Waals surface area contributed by atoms with Crippen LogP contribution in [-0.4, -0.2) is 39.2 Å². The van der Waals surface area contributed by atoms with E-state index in [0.717, 1.165) is 49.6 Å². The van der Waals surface area contributed by atoms with E-state index < -0.39 is 0 Å². The van der Waals surface area contributed by atoms with Gasteiger partial charge in [-0.2, -0.15) is 0 Å². The average molecular weight is 346 g/mol. The van der Waals surface area contributed by atoms with Gasteiger partial charge >= 0.3 is 0 Å². The fourth-order valence-electron chi connectivity index (χ4n) is 3.13. The zero-order valence-electron chi connectivity index (χ0n) is 14.7. The smallest absolute Gasteiger partial charge is 0.233 e. The Hall–Kier alpha value is -1.49. The molecule has 0 atom stereocenters. The van der Waals surface area contributed by atoms with Crippen molar-refractivity contribution < 1.29 is 4.79 Å². The summed E-state index contributed by atoms with van der Waals surface area (Å²) >= 11 is 1.59. The molecule has 1 aliphatic rings. The molecule has 1 fully saturated rings. The van der Waals surface area contributed by atoms with Crippen molar-refractivity contribution in [2.24, 2.45) is 5.92 Å². The lowest BCUT2D eigenvalue weighted by molar-refractivity contribution is -0.129. The van der Waals surface area contributed by atoms with Crippen LogP contribution in [0.2, 0.25) is 0 Å². The molecule has 0 spiro atoms. The number of imidazole rings is 1. The molecular weight excluding hydrogens is 318 g/mol. The molecule has 1 aliphatic heterocycles. The molecule has 24 heavy (non-hydrogen) atoms. The molecule has 0 saturated carbocycles. The molecule has 2 aromatic rings. The van der Waals surface area contributed by atoms with E-state index in [1.54, 1.807) is 11.8 Å². The monoisotopic (exact) mass is 345 g/mol. The second kappa shape index (κ2) is 8.06. The molecule has 1 amide bonds. The number of hydrogen-bond acceptors (Lipinski definition) is 3. The summed E-state index contributed by atoms with van der Waals surface area (Å²) in [6, 6.07) is 8.26. The van der Waals surface area contributed by atoms with E-state index in [9.17, 15) is 4.79 Å². The maximum Gasteiger partial charge on any atom is 0.233 e. The van der Waals surface area contributed by atoms with Gasteiger partial charge in [-0.3, -0.25) is 4.79 Å². The van der Waals surface area contributed by atoms with E-state index in [2.05, 4.69) is 36.6 Å². The summed E-state index contributed by atoms with van der Waals surface area (Å²) in [6.07, 6.45) is 4.66. The molecule has 3 rings (SSSR count). The predicted octanol–water partition coefficient (Wildman–Crippen LogP) is 4.19. The van der Waals surface area contributed by atoms with Crippen LogP contribution in [0.25, 0.3) is 11.0 Å². The summed E-state index contributed by atoms with van der Waals surface area (Å²) in [7, 11) is 0. The number of nitrogens with zero attached hydrogens (tertiary/aromatic N) is 3. The third kappa shape index (κ3) is 4.12. The zero-order valence-corrected chi connectivity index (χ0v) is 15.5. The number of thioether (sulfide) groups is 1. The number of aromatic nitrogens is 2. The molecule has 4 nitrogen and oxygen atoms in total. The quantitative estimate of drug-likeness (QED) is 0.737. The number of amides is 1. The van der Waals surface area contributed by atoms with Crippen LogP contribution >= 0.6 is 11.8 Å². The van der Waals surface area contributed by atoms with Gasteiger partial charge in [-0.25, -0.2) is 4.98 Å². The van der Waals surface area contributed by atoms with Gasteiger partial charge in [0, 0.05) is 19.6 Å². The van der Waals surface area contributed by atoms with Crippen LogP contribution in [0.1, 0.15) is 39.5 Å². The Morgan fingerprint density at radius 3 is 2.71 bits per heavy atom. The van der Waals surface area contributed by atoms with Crippen LogP contribution in [0, 0.1) is 5.92 Å². The number of para-hydroxylation sites is 2. The summed E-state index contributed by atoms with van der Waals surface area (Å²) in [5, 5.41) is 0.974. The van der Waals surface area contributed by atoms with E-state index in [0.29, 0.717) is 11.7 Å². The molecule has 5 heteroatoms. The summed E-state index contributed by atoms with van der Waals surface area (Å²) < 4.78 is 2.28. The summed E-state index contributed by atoms with van der Waals surface area (Å²) in [6.45, 7) is 7.28. The molecule has 0 aliphatic carbocycles. The Balaban J connectivity index is 1.72. The van der Waals surface area contributed by atoms with E-state index >= 15 is 0 Å². The minimum atomic E-state index is 0.252. The van der Waals surface area contributed by atoms with Crippen molar-refractivity contribution in [3.05, 3.63) is 24.3 Å². The average Bonchev–Trinajstić information content (AvgIpc) is 2.96. The second-order valence-corrected chi connectivity index (χ2v) is 7.89. The van der Waals surface area contributed by atoms with Crippen LogP contribution in [0.5, 0.6) is 0 Å². The van der Waals surface area contributed by atoms with Crippen molar-refractivity contribution in [2.45, 2.75) is 51.2 Å². The first-order valence-corrected chi connectivity index (χ1v) is 9.99. The Morgan fingerprint density at radius 2 is 1.96 bits per heavy atom. The molecule has 0 radical (unpaired) electrons. The van der Waals surface area contributed by atoms with Crippen LogP contribution in [0.15, 0.2) is 29.4 Å². The van der Waals surface area contributed by atoms with Gasteiger partial charge in [0.1, 0.15) is 0 Å². The molecule has 1 saturated heterocycles. The number of fused-ring (bicyclic) bond motifs is 1. The number of hydrogen-bond donors (Lipinski definition) is 0. The van der Waals surface area contributed by atoms with E-state index in [1.807, 2.05) is 11.0 Å². The maximum atomic E-state index is 12.4. The topological polar surface area (TPSA) is 38.1 Å². The number of carbonyl (C=O) groups excluding carboxylic acids is 1. The highest BCUT2D eigenvalue weighted by Gasteiger charge is 2.18. The molecule has 0 unspecified atom stereocenters. The lowest BCUT2D eigenvalue weighted by Crippen LogP contribution is -2.36. The largest absolute Gasteiger partial charge is 0.342 e. The zero-order chi connectivity index (χ0) is 16.9. The van der Waals surface area contributed by atoms with Crippen molar-refractivity contribution in [3.8, 4) is 0 Å². The lowest BCUT2D eigenvalue weighted by atomic mass is 10.1. The molecule has 0 bridgehead atoms. The first-order valence-electron chi connectivity index (χ1n) is 9.01. The van der Waals surface area contributed by atoms with Gasteiger partial charge in [-0.05, 0) is 43.7 Å². The van der Waals surface area contributed by atoms with E-state index in [-0.39, 0.29) is 5.91 Å². The highest BCUT2D eigenvalue weighted by Crippen LogP contribution is 2.25. The summed E-state index contributed by atoms with van der Waals surface area (Å²) in [5.41, 5.74) is 2.19. The third-order valence-corrected chi connectivity index (χ3v) is 5.54. The molecule has 130 valence electrons. The van der Waals surface area contributed by atoms with Gasteiger partial charge < -0.3 is 9.47 Å². The van der Waals surface area contributed by atoms with Crippen molar-refractivity contribution in [1.82, 2.24) is 14.5 Å². The van der Waals surface area contributed by atoms with Gasteiger partial charge in [0.25, 0.3) is 0 Å². The Labute approximate surface area is 148 Å². The fraction of sp³-hybridized carbons (Fsp3) is 0.579. The second-order valence-electron chi connectivity index (χ2n) is 6.95. The van der Waals surface area contributed by atoms with Crippen LogP contribution in [0.3, 0.4) is 0 Å². The number of aryl methyl sites for hydroxylation is 1. The lowest BCUT2D eigenvalue weighted by Gasteiger charge is -2.26. The number of piperidine rings is 1. The standard InChI is InChI=1S/C19H27N3OS/c1-15(2)10-13-22-17-9-5-4-8-16(17)20-19(22)24-14-18(23)21-11-6-3-7-12-21/h4-5,8-9,15H,3,6-7,10-14H2,1-2H3. The number of likely N-dealkylation sites (tertiary alicyclic amines) is 1. The Kier molecular flexibility index (Phi) is 5.82. The fourth-order valence-corrected chi connectivity index (χ4v) is 4.07. The maximum absolute atomic E-state index is 12.4. The third-order valence-electron chi connectivity index (χ3n) is 4.58.